The second-order valence-corrected chi connectivity index (χ2v) is 6.59. The van der Waals surface area contributed by atoms with Gasteiger partial charge >= 0.3 is 0 Å². The van der Waals surface area contributed by atoms with E-state index in [2.05, 4.69) is 15.5 Å². The summed E-state index contributed by atoms with van der Waals surface area (Å²) in [5.74, 6) is 0. The van der Waals surface area contributed by atoms with Gasteiger partial charge in [-0.2, -0.15) is 0 Å². The van der Waals surface area contributed by atoms with Gasteiger partial charge in [-0.15, -0.1) is 0 Å². The van der Waals surface area contributed by atoms with Crippen LogP contribution in [0, 0.1) is 0 Å². The maximum atomic E-state index is 6.31. The average Bonchev–Trinajstić information content (AvgIpc) is 2.51. The molecule has 2 N–H and O–H groups in total. The Hall–Kier alpha value is -1.33. The molecule has 122 valence electrons. The third-order valence-electron chi connectivity index (χ3n) is 3.45. The molecule has 2 aromatic carbocycles. The van der Waals surface area contributed by atoms with Crippen molar-refractivity contribution in [2.45, 2.75) is 6.04 Å². The highest BCUT2D eigenvalue weighted by atomic mass is 35.5. The van der Waals surface area contributed by atoms with Crippen molar-refractivity contribution in [3.63, 3.8) is 0 Å². The molecule has 23 heavy (non-hydrogen) atoms. The molecule has 0 heterocycles. The van der Waals surface area contributed by atoms with Crippen LogP contribution in [0.4, 0.5) is 5.69 Å². The molecule has 2 aromatic rings. The van der Waals surface area contributed by atoms with Crippen LogP contribution in [0.3, 0.4) is 0 Å². The van der Waals surface area contributed by atoms with Crippen molar-refractivity contribution < 1.29 is 0 Å². The minimum Gasteiger partial charge on any atom is -0.361 e. The van der Waals surface area contributed by atoms with Crippen LogP contribution in [0.15, 0.2) is 48.5 Å². The molecule has 0 bridgehead atoms. The molecule has 6 heteroatoms. The molecule has 0 unspecified atom stereocenters. The first kappa shape index (κ1) is 18.0. The summed E-state index contributed by atoms with van der Waals surface area (Å²) in [4.78, 5) is 2.11. The van der Waals surface area contributed by atoms with E-state index in [9.17, 15) is 0 Å². The third kappa shape index (κ3) is 5.36. The number of nitrogens with one attached hydrogen (secondary N) is 2. The normalized spacial score (nSPS) is 12.0. The van der Waals surface area contributed by atoms with Crippen LogP contribution in [-0.2, 0) is 0 Å². The van der Waals surface area contributed by atoms with E-state index >= 15 is 0 Å². The van der Waals surface area contributed by atoms with Crippen LogP contribution < -0.4 is 10.6 Å². The Labute approximate surface area is 152 Å². The van der Waals surface area contributed by atoms with Gasteiger partial charge in [0, 0.05) is 22.3 Å². The predicted molar refractivity (Wildman–Crippen MR) is 104 cm³/mol. The molecule has 0 aromatic heterocycles. The van der Waals surface area contributed by atoms with Gasteiger partial charge in [-0.05, 0) is 62.2 Å². The summed E-state index contributed by atoms with van der Waals surface area (Å²) >= 11 is 17.5. The Morgan fingerprint density at radius 3 is 2.35 bits per heavy atom. The van der Waals surface area contributed by atoms with Crippen molar-refractivity contribution in [3.8, 4) is 0 Å². The molecule has 0 fully saturated rings. The van der Waals surface area contributed by atoms with Crippen LogP contribution in [-0.4, -0.2) is 30.7 Å². The Morgan fingerprint density at radius 1 is 1.09 bits per heavy atom. The van der Waals surface area contributed by atoms with Crippen molar-refractivity contribution in [2.75, 3.05) is 26.0 Å². The molecule has 0 saturated heterocycles. The van der Waals surface area contributed by atoms with Gasteiger partial charge in [-0.25, -0.2) is 0 Å². The largest absolute Gasteiger partial charge is 0.361 e. The Bertz CT molecular complexity index is 659. The molecular formula is C17H19Cl2N3S. The van der Waals surface area contributed by atoms with E-state index in [1.54, 1.807) is 0 Å². The van der Waals surface area contributed by atoms with Crippen LogP contribution in [0.2, 0.25) is 10.0 Å². The minimum atomic E-state index is 0.119. The third-order valence-corrected chi connectivity index (χ3v) is 4.29. The van der Waals surface area contributed by atoms with Crippen molar-refractivity contribution in [1.29, 1.82) is 0 Å². The molecule has 1 atom stereocenters. The van der Waals surface area contributed by atoms with E-state index in [-0.39, 0.29) is 6.04 Å². The number of thiocarbonyl (C=S) groups is 1. The topological polar surface area (TPSA) is 27.3 Å². The van der Waals surface area contributed by atoms with Gasteiger partial charge in [-0.1, -0.05) is 41.4 Å². The van der Waals surface area contributed by atoms with Crippen molar-refractivity contribution >= 4 is 46.2 Å². The van der Waals surface area contributed by atoms with Crippen molar-refractivity contribution in [2.24, 2.45) is 0 Å². The van der Waals surface area contributed by atoms with Gasteiger partial charge in [0.1, 0.15) is 0 Å². The molecule has 3 nitrogen and oxygen atoms in total. The highest BCUT2D eigenvalue weighted by Crippen LogP contribution is 2.25. The lowest BCUT2D eigenvalue weighted by Crippen LogP contribution is -2.36. The number of rotatable bonds is 5. The fourth-order valence-electron chi connectivity index (χ4n) is 2.21. The maximum Gasteiger partial charge on any atom is 0.170 e. The lowest BCUT2D eigenvalue weighted by molar-refractivity contribution is 0.299. The fraction of sp³-hybridized carbons (Fsp3) is 0.235. The van der Waals surface area contributed by atoms with Gasteiger partial charge in [0.15, 0.2) is 5.11 Å². The summed E-state index contributed by atoms with van der Waals surface area (Å²) in [6.07, 6.45) is 0. The first-order valence-electron chi connectivity index (χ1n) is 7.18. The van der Waals surface area contributed by atoms with E-state index in [0.717, 1.165) is 16.3 Å². The zero-order valence-corrected chi connectivity index (χ0v) is 15.3. The molecule has 0 spiro atoms. The SMILES string of the molecule is CN(C)[C@@H](CNC(=S)Nc1ccc(Cl)cc1)c1ccccc1Cl. The summed E-state index contributed by atoms with van der Waals surface area (Å²) in [7, 11) is 4.04. The Morgan fingerprint density at radius 2 is 1.74 bits per heavy atom. The smallest absolute Gasteiger partial charge is 0.170 e. The molecule has 0 radical (unpaired) electrons. The lowest BCUT2D eigenvalue weighted by Gasteiger charge is -2.26. The van der Waals surface area contributed by atoms with Gasteiger partial charge < -0.3 is 15.5 Å². The first-order chi connectivity index (χ1) is 11.0. The van der Waals surface area contributed by atoms with Crippen molar-refractivity contribution in [1.82, 2.24) is 10.2 Å². The van der Waals surface area contributed by atoms with Gasteiger partial charge in [0.05, 0.1) is 6.04 Å². The second-order valence-electron chi connectivity index (χ2n) is 5.34. The van der Waals surface area contributed by atoms with E-state index in [0.29, 0.717) is 16.7 Å². The molecule has 0 aliphatic rings. The zero-order valence-electron chi connectivity index (χ0n) is 13.0. The maximum absolute atomic E-state index is 6.31. The molecule has 2 rings (SSSR count). The quantitative estimate of drug-likeness (QED) is 0.756. The summed E-state index contributed by atoms with van der Waals surface area (Å²) in [6, 6.07) is 15.4. The summed E-state index contributed by atoms with van der Waals surface area (Å²) in [6.45, 7) is 0.649. The minimum absolute atomic E-state index is 0.119. The molecule has 0 aliphatic carbocycles. The van der Waals surface area contributed by atoms with Crippen LogP contribution >= 0.6 is 35.4 Å². The van der Waals surface area contributed by atoms with Gasteiger partial charge in [-0.3, -0.25) is 0 Å². The summed E-state index contributed by atoms with van der Waals surface area (Å²) in [5, 5.41) is 8.39. The predicted octanol–water partition coefficient (Wildman–Crippen LogP) is 4.58. The Balaban J connectivity index is 1.97. The van der Waals surface area contributed by atoms with E-state index in [4.69, 9.17) is 35.4 Å². The highest BCUT2D eigenvalue weighted by molar-refractivity contribution is 7.80. The van der Waals surface area contributed by atoms with Crippen LogP contribution in [0.5, 0.6) is 0 Å². The van der Waals surface area contributed by atoms with Gasteiger partial charge in [0.25, 0.3) is 0 Å². The van der Waals surface area contributed by atoms with E-state index in [1.165, 1.54) is 0 Å². The van der Waals surface area contributed by atoms with Gasteiger partial charge in [0.2, 0.25) is 0 Å². The number of hydrogen-bond donors (Lipinski definition) is 2. The zero-order chi connectivity index (χ0) is 16.8. The van der Waals surface area contributed by atoms with Crippen molar-refractivity contribution in [3.05, 3.63) is 64.1 Å². The number of likely N-dealkylation sites (N-methyl/N-ethyl adjacent to an activating group) is 1. The fourth-order valence-corrected chi connectivity index (χ4v) is 2.80. The molecule has 0 amide bonds. The number of benzene rings is 2. The summed E-state index contributed by atoms with van der Waals surface area (Å²) in [5.41, 5.74) is 1.96. The molecule has 0 saturated carbocycles. The number of hydrogen-bond acceptors (Lipinski definition) is 2. The molecular weight excluding hydrogens is 349 g/mol. The van der Waals surface area contributed by atoms with E-state index < -0.39 is 0 Å². The highest BCUT2D eigenvalue weighted by Gasteiger charge is 2.17. The number of anilines is 1. The van der Waals surface area contributed by atoms with E-state index in [1.807, 2.05) is 62.6 Å². The molecule has 0 aliphatic heterocycles. The Kier molecular flexibility index (Phi) is 6.66. The monoisotopic (exact) mass is 367 g/mol. The van der Waals surface area contributed by atoms with Crippen LogP contribution in [0.25, 0.3) is 0 Å². The number of nitrogens with zero attached hydrogens (tertiary/aromatic N) is 1. The average molecular weight is 368 g/mol. The summed E-state index contributed by atoms with van der Waals surface area (Å²) < 4.78 is 0. The van der Waals surface area contributed by atoms with Crippen LogP contribution in [0.1, 0.15) is 11.6 Å². The lowest BCUT2D eigenvalue weighted by atomic mass is 10.1. The standard InChI is InChI=1S/C17H19Cl2N3S/c1-22(2)16(14-5-3-4-6-15(14)19)11-20-17(23)21-13-9-7-12(18)8-10-13/h3-10,16H,11H2,1-2H3,(H2,20,21,23)/t16-/m0/s1. The first-order valence-corrected chi connectivity index (χ1v) is 8.35. The second kappa shape index (κ2) is 8.50. The number of halogens is 2.